The van der Waals surface area contributed by atoms with Gasteiger partial charge in [0.05, 0.1) is 11.8 Å². The van der Waals surface area contributed by atoms with E-state index in [0.717, 1.165) is 5.82 Å². The van der Waals surface area contributed by atoms with Crippen LogP contribution in [-0.4, -0.2) is 31.0 Å². The van der Waals surface area contributed by atoms with Crippen molar-refractivity contribution in [3.63, 3.8) is 0 Å². The predicted octanol–water partition coefficient (Wildman–Crippen LogP) is 2.22. The third-order valence-electron chi connectivity index (χ3n) is 2.31. The number of hydrogen-bond acceptors (Lipinski definition) is 8. The van der Waals surface area contributed by atoms with Crippen LogP contribution in [0.1, 0.15) is 5.82 Å². The zero-order valence-corrected chi connectivity index (χ0v) is 11.3. The van der Waals surface area contributed by atoms with Crippen LogP contribution in [0.25, 0.3) is 15.7 Å². The lowest BCUT2D eigenvalue weighted by atomic mass is 10.5. The highest BCUT2D eigenvalue weighted by Gasteiger charge is 2.18. The molecule has 0 unspecified atom stereocenters. The van der Waals surface area contributed by atoms with Crippen molar-refractivity contribution >= 4 is 33.9 Å². The zero-order chi connectivity index (χ0) is 13.4. The second kappa shape index (κ2) is 4.63. The van der Waals surface area contributed by atoms with Crippen LogP contribution >= 0.6 is 23.1 Å². The van der Waals surface area contributed by atoms with Gasteiger partial charge >= 0.3 is 5.88 Å². The van der Waals surface area contributed by atoms with E-state index in [1.54, 1.807) is 16.3 Å². The molecule has 3 rings (SSSR count). The van der Waals surface area contributed by atoms with Gasteiger partial charge in [-0.25, -0.2) is 0 Å². The van der Waals surface area contributed by atoms with Crippen LogP contribution in [0.5, 0.6) is 0 Å². The van der Waals surface area contributed by atoms with Gasteiger partial charge in [0.1, 0.15) is 4.92 Å². The van der Waals surface area contributed by atoms with Crippen molar-refractivity contribution in [3.8, 4) is 10.8 Å². The van der Waals surface area contributed by atoms with Crippen LogP contribution in [0.15, 0.2) is 16.5 Å². The second-order valence-electron chi connectivity index (χ2n) is 3.55. The minimum atomic E-state index is -0.580. The molecule has 0 saturated carbocycles. The number of nitrogens with zero attached hydrogens (tertiary/aromatic N) is 5. The van der Waals surface area contributed by atoms with Crippen molar-refractivity contribution in [2.24, 2.45) is 0 Å². The molecule has 19 heavy (non-hydrogen) atoms. The van der Waals surface area contributed by atoms with Gasteiger partial charge in [0.2, 0.25) is 4.96 Å². The van der Waals surface area contributed by atoms with E-state index in [2.05, 4.69) is 15.3 Å². The van der Waals surface area contributed by atoms with Crippen molar-refractivity contribution < 1.29 is 9.34 Å². The lowest BCUT2D eigenvalue weighted by Crippen LogP contribution is -1.93. The van der Waals surface area contributed by atoms with Gasteiger partial charge in [-0.1, -0.05) is 11.3 Å². The number of fused-ring (bicyclic) bond motifs is 1. The first kappa shape index (κ1) is 12.1. The van der Waals surface area contributed by atoms with Crippen molar-refractivity contribution in [3.05, 3.63) is 28.1 Å². The SMILES string of the molecule is CSCc1nnc2sc(-c3ccc([N+](=O)[O-])o3)nn12. The Hall–Kier alpha value is -1.94. The Morgan fingerprint density at radius 2 is 2.37 bits per heavy atom. The van der Waals surface area contributed by atoms with E-state index in [1.165, 1.54) is 23.5 Å². The number of aromatic nitrogens is 4. The number of rotatable bonds is 4. The minimum absolute atomic E-state index is 0.301. The average molecular weight is 297 g/mol. The van der Waals surface area contributed by atoms with Crippen molar-refractivity contribution in [1.82, 2.24) is 19.8 Å². The quantitative estimate of drug-likeness (QED) is 0.537. The van der Waals surface area contributed by atoms with Crippen LogP contribution in [0.3, 0.4) is 0 Å². The lowest BCUT2D eigenvalue weighted by molar-refractivity contribution is -0.401. The monoisotopic (exact) mass is 297 g/mol. The molecule has 0 amide bonds. The van der Waals surface area contributed by atoms with Crippen molar-refractivity contribution in [2.75, 3.05) is 6.26 Å². The fourth-order valence-corrected chi connectivity index (χ4v) is 2.78. The topological polar surface area (TPSA) is 99.4 Å². The lowest BCUT2D eigenvalue weighted by Gasteiger charge is -1.90. The molecule has 0 N–H and O–H groups in total. The van der Waals surface area contributed by atoms with Crippen LogP contribution in [0.4, 0.5) is 5.88 Å². The number of hydrogen-bond donors (Lipinski definition) is 0. The van der Waals surface area contributed by atoms with Crippen LogP contribution in [0, 0.1) is 10.1 Å². The first-order chi connectivity index (χ1) is 9.19. The molecule has 0 spiro atoms. The third-order valence-corrected chi connectivity index (χ3v) is 3.77. The van der Waals surface area contributed by atoms with Gasteiger partial charge in [0.15, 0.2) is 16.6 Å². The van der Waals surface area contributed by atoms with Crippen LogP contribution < -0.4 is 0 Å². The van der Waals surface area contributed by atoms with Crippen molar-refractivity contribution in [1.29, 1.82) is 0 Å². The summed E-state index contributed by atoms with van der Waals surface area (Å²) in [5, 5.41) is 23.4. The van der Waals surface area contributed by atoms with Gasteiger partial charge in [0.25, 0.3) is 0 Å². The highest BCUT2D eigenvalue weighted by atomic mass is 32.2. The molecule has 3 heterocycles. The third kappa shape index (κ3) is 2.08. The summed E-state index contributed by atoms with van der Waals surface area (Å²) in [5.41, 5.74) is 0. The summed E-state index contributed by atoms with van der Waals surface area (Å²) in [6.07, 6.45) is 1.96. The molecule has 0 aliphatic rings. The summed E-state index contributed by atoms with van der Waals surface area (Å²) in [4.78, 5) is 10.6. The maximum atomic E-state index is 10.6. The average Bonchev–Trinajstić information content (AvgIpc) is 3.03. The van der Waals surface area contributed by atoms with E-state index in [9.17, 15) is 10.1 Å². The predicted molar refractivity (Wildman–Crippen MR) is 70.2 cm³/mol. The Morgan fingerprint density at radius 3 is 3.05 bits per heavy atom. The Balaban J connectivity index is 2.02. The minimum Gasteiger partial charge on any atom is -0.398 e. The molecule has 0 bridgehead atoms. The normalized spacial score (nSPS) is 11.2. The summed E-state index contributed by atoms with van der Waals surface area (Å²) >= 11 is 2.89. The fraction of sp³-hybridized carbons (Fsp3) is 0.222. The van der Waals surface area contributed by atoms with E-state index < -0.39 is 4.92 Å². The second-order valence-corrected chi connectivity index (χ2v) is 5.37. The maximum Gasteiger partial charge on any atom is 0.433 e. The molecule has 0 aromatic carbocycles. The summed E-state index contributed by atoms with van der Waals surface area (Å²) in [6, 6.07) is 2.83. The van der Waals surface area contributed by atoms with E-state index in [-0.39, 0.29) is 5.88 Å². The van der Waals surface area contributed by atoms with E-state index >= 15 is 0 Å². The smallest absolute Gasteiger partial charge is 0.398 e. The van der Waals surface area contributed by atoms with Crippen LogP contribution in [-0.2, 0) is 5.75 Å². The first-order valence-corrected chi connectivity index (χ1v) is 7.34. The van der Waals surface area contributed by atoms with Crippen LogP contribution in [0.2, 0.25) is 0 Å². The number of nitro groups is 1. The molecule has 0 saturated heterocycles. The summed E-state index contributed by atoms with van der Waals surface area (Å²) in [5.74, 6) is 1.50. The maximum absolute atomic E-state index is 10.6. The van der Waals surface area contributed by atoms with Gasteiger partial charge in [-0.2, -0.15) is 16.3 Å². The summed E-state index contributed by atoms with van der Waals surface area (Å²) in [7, 11) is 0. The number of thioether (sulfide) groups is 1. The van der Waals surface area contributed by atoms with E-state index in [1.807, 2.05) is 6.26 Å². The number of furan rings is 1. The standard InChI is InChI=1S/C9H7N5O3S2/c1-18-4-6-10-11-9-13(6)12-8(19-9)5-2-3-7(17-5)14(15)16/h2-3H,4H2,1H3. The Labute approximate surface area is 114 Å². The van der Waals surface area contributed by atoms with Gasteiger partial charge in [-0.15, -0.1) is 15.3 Å². The molecule has 98 valence electrons. The zero-order valence-electron chi connectivity index (χ0n) is 9.64. The van der Waals surface area contributed by atoms with Gasteiger partial charge in [-0.3, -0.25) is 10.1 Å². The molecule has 0 fully saturated rings. The fourth-order valence-electron chi connectivity index (χ4n) is 1.52. The van der Waals surface area contributed by atoms with Crippen molar-refractivity contribution in [2.45, 2.75) is 5.75 Å². The van der Waals surface area contributed by atoms with E-state index in [4.69, 9.17) is 4.42 Å². The largest absolute Gasteiger partial charge is 0.433 e. The van der Waals surface area contributed by atoms with Gasteiger partial charge < -0.3 is 4.42 Å². The molecule has 3 aromatic heterocycles. The molecule has 0 radical (unpaired) electrons. The molecule has 0 aliphatic heterocycles. The molecule has 0 atom stereocenters. The first-order valence-electron chi connectivity index (χ1n) is 5.13. The molecular weight excluding hydrogens is 290 g/mol. The Bertz CT molecular complexity index is 746. The molecular formula is C9H7N5O3S2. The Kier molecular flexibility index (Phi) is 2.95. The molecule has 3 aromatic rings. The molecule has 0 aliphatic carbocycles. The van der Waals surface area contributed by atoms with E-state index in [0.29, 0.717) is 21.5 Å². The summed E-state index contributed by atoms with van der Waals surface area (Å²) in [6.45, 7) is 0. The molecule has 8 nitrogen and oxygen atoms in total. The van der Waals surface area contributed by atoms with Gasteiger partial charge in [0, 0.05) is 0 Å². The Morgan fingerprint density at radius 1 is 1.53 bits per heavy atom. The summed E-state index contributed by atoms with van der Waals surface area (Å²) < 4.78 is 6.74. The highest BCUT2D eigenvalue weighted by Crippen LogP contribution is 2.29. The highest BCUT2D eigenvalue weighted by molar-refractivity contribution is 7.97. The molecule has 10 heteroatoms. The van der Waals surface area contributed by atoms with Gasteiger partial charge in [-0.05, 0) is 12.3 Å².